The molecule has 7 heteroatoms. The van der Waals surface area contributed by atoms with Crippen molar-refractivity contribution in [3.05, 3.63) is 29.3 Å². The lowest BCUT2D eigenvalue weighted by Gasteiger charge is -2.35. The maximum atomic E-state index is 5.59. The second-order valence-electron chi connectivity index (χ2n) is 7.63. The normalized spacial score (nSPS) is 18.8. The molecule has 1 saturated heterocycles. The van der Waals surface area contributed by atoms with E-state index in [0.29, 0.717) is 6.04 Å². The summed E-state index contributed by atoms with van der Waals surface area (Å²) in [7, 11) is 2.20. The number of nitrogens with zero attached hydrogens (tertiary/aromatic N) is 3. The van der Waals surface area contributed by atoms with E-state index in [1.807, 2.05) is 0 Å². The zero-order valence-electron chi connectivity index (χ0n) is 17.5. The number of halogens is 1. The highest BCUT2D eigenvalue weighted by Crippen LogP contribution is 2.25. The molecule has 0 saturated carbocycles. The van der Waals surface area contributed by atoms with Crippen molar-refractivity contribution < 1.29 is 4.74 Å². The molecular weight excluding hydrogens is 465 g/mol. The summed E-state index contributed by atoms with van der Waals surface area (Å²) >= 11 is 0. The Morgan fingerprint density at radius 1 is 1.21 bits per heavy atom. The van der Waals surface area contributed by atoms with E-state index in [0.717, 1.165) is 77.0 Å². The van der Waals surface area contributed by atoms with Crippen LogP contribution >= 0.6 is 24.0 Å². The summed E-state index contributed by atoms with van der Waals surface area (Å²) in [6.07, 6.45) is 2.02. The molecule has 1 aromatic rings. The van der Waals surface area contributed by atoms with Gasteiger partial charge in [-0.15, -0.1) is 24.0 Å². The number of aliphatic imine (C=N–C) groups is 1. The van der Waals surface area contributed by atoms with E-state index in [9.17, 15) is 0 Å². The average Bonchev–Trinajstić information content (AvgIpc) is 3.14. The van der Waals surface area contributed by atoms with Crippen LogP contribution in [0.4, 0.5) is 0 Å². The van der Waals surface area contributed by atoms with Crippen LogP contribution in [-0.2, 0) is 12.8 Å². The Morgan fingerprint density at radius 2 is 2.00 bits per heavy atom. The first-order chi connectivity index (χ1) is 13.2. The number of likely N-dealkylation sites (N-methyl/N-ethyl adjacent to an activating group) is 1. The van der Waals surface area contributed by atoms with Gasteiger partial charge in [0, 0.05) is 51.7 Å². The van der Waals surface area contributed by atoms with E-state index in [1.54, 1.807) is 0 Å². The van der Waals surface area contributed by atoms with E-state index < -0.39 is 0 Å². The van der Waals surface area contributed by atoms with Crippen molar-refractivity contribution in [2.75, 3.05) is 59.5 Å². The molecule has 0 aromatic heterocycles. The predicted molar refractivity (Wildman–Crippen MR) is 127 cm³/mol. The summed E-state index contributed by atoms with van der Waals surface area (Å²) in [5.74, 6) is 1.97. The second kappa shape index (κ2) is 11.8. The lowest BCUT2D eigenvalue weighted by atomic mass is 10.1. The number of nitrogens with one attached hydrogen (secondary N) is 2. The Kier molecular flexibility index (Phi) is 9.81. The monoisotopic (exact) mass is 501 g/mol. The molecule has 2 heterocycles. The van der Waals surface area contributed by atoms with Crippen molar-refractivity contribution in [2.24, 2.45) is 4.99 Å². The zero-order valence-corrected chi connectivity index (χ0v) is 19.9. The first-order valence-corrected chi connectivity index (χ1v) is 10.3. The molecule has 28 heavy (non-hydrogen) atoms. The molecule has 3 rings (SSSR count). The van der Waals surface area contributed by atoms with Gasteiger partial charge in [-0.1, -0.05) is 12.1 Å². The van der Waals surface area contributed by atoms with Crippen molar-refractivity contribution in [1.29, 1.82) is 0 Å². The van der Waals surface area contributed by atoms with Gasteiger partial charge in [0.15, 0.2) is 5.96 Å². The highest BCUT2D eigenvalue weighted by molar-refractivity contribution is 14.0. The highest BCUT2D eigenvalue weighted by Gasteiger charge is 2.18. The minimum Gasteiger partial charge on any atom is -0.493 e. The van der Waals surface area contributed by atoms with Gasteiger partial charge in [0.2, 0.25) is 0 Å². The summed E-state index contributed by atoms with van der Waals surface area (Å²) in [4.78, 5) is 9.75. The van der Waals surface area contributed by atoms with E-state index in [-0.39, 0.29) is 24.0 Å². The quantitative estimate of drug-likeness (QED) is 0.340. The summed E-state index contributed by atoms with van der Waals surface area (Å²) in [5.41, 5.74) is 2.70. The van der Waals surface area contributed by atoms with Crippen LogP contribution in [0.3, 0.4) is 0 Å². The van der Waals surface area contributed by atoms with Crippen LogP contribution in [0.1, 0.15) is 25.0 Å². The SMILES string of the molecule is CCNC(=NCC(C)N1CCN(C)CC1)NCCc1ccc2c(c1)CCO2.I. The molecule has 1 aromatic carbocycles. The van der Waals surface area contributed by atoms with Crippen LogP contribution < -0.4 is 15.4 Å². The third-order valence-corrected chi connectivity index (χ3v) is 5.48. The van der Waals surface area contributed by atoms with Crippen molar-refractivity contribution in [2.45, 2.75) is 32.7 Å². The van der Waals surface area contributed by atoms with Gasteiger partial charge in [-0.25, -0.2) is 0 Å². The van der Waals surface area contributed by atoms with Crippen LogP contribution in [0.2, 0.25) is 0 Å². The molecule has 0 bridgehead atoms. The number of piperazine rings is 1. The van der Waals surface area contributed by atoms with Crippen molar-refractivity contribution in [3.63, 3.8) is 0 Å². The molecule has 0 amide bonds. The van der Waals surface area contributed by atoms with Crippen molar-refractivity contribution >= 4 is 29.9 Å². The zero-order chi connectivity index (χ0) is 19.1. The second-order valence-corrected chi connectivity index (χ2v) is 7.63. The Morgan fingerprint density at radius 3 is 2.75 bits per heavy atom. The van der Waals surface area contributed by atoms with Crippen molar-refractivity contribution in [1.82, 2.24) is 20.4 Å². The molecule has 2 N–H and O–H groups in total. The van der Waals surface area contributed by atoms with Gasteiger partial charge >= 0.3 is 0 Å². The van der Waals surface area contributed by atoms with E-state index in [1.165, 1.54) is 11.1 Å². The first kappa shape index (κ1) is 23.2. The van der Waals surface area contributed by atoms with Gasteiger partial charge in [0.25, 0.3) is 0 Å². The molecule has 1 fully saturated rings. The number of guanidine groups is 1. The van der Waals surface area contributed by atoms with Crippen LogP contribution in [0.5, 0.6) is 5.75 Å². The van der Waals surface area contributed by atoms with Gasteiger partial charge in [0.05, 0.1) is 13.2 Å². The molecule has 0 radical (unpaired) electrons. The Labute approximate surface area is 187 Å². The summed E-state index contributed by atoms with van der Waals surface area (Å²) in [6.45, 7) is 12.4. The van der Waals surface area contributed by atoms with Crippen LogP contribution in [0.15, 0.2) is 23.2 Å². The topological polar surface area (TPSA) is 52.1 Å². The summed E-state index contributed by atoms with van der Waals surface area (Å²) in [5, 5.41) is 6.85. The maximum Gasteiger partial charge on any atom is 0.191 e. The third kappa shape index (κ3) is 6.77. The number of fused-ring (bicyclic) bond motifs is 1. The maximum absolute atomic E-state index is 5.59. The third-order valence-electron chi connectivity index (χ3n) is 5.48. The Hall–Kier alpha value is -1.06. The molecule has 158 valence electrons. The van der Waals surface area contributed by atoms with Crippen LogP contribution in [0.25, 0.3) is 0 Å². The number of hydrogen-bond donors (Lipinski definition) is 2. The van der Waals surface area contributed by atoms with Gasteiger partial charge in [-0.3, -0.25) is 9.89 Å². The smallest absolute Gasteiger partial charge is 0.191 e. The van der Waals surface area contributed by atoms with E-state index in [4.69, 9.17) is 9.73 Å². The molecule has 2 aliphatic heterocycles. The molecular formula is C21H36IN5O. The average molecular weight is 501 g/mol. The Balaban J connectivity index is 0.00000280. The first-order valence-electron chi connectivity index (χ1n) is 10.3. The fourth-order valence-electron chi connectivity index (χ4n) is 3.66. The Bertz CT molecular complexity index is 631. The fourth-order valence-corrected chi connectivity index (χ4v) is 3.66. The van der Waals surface area contributed by atoms with Gasteiger partial charge in [-0.05, 0) is 44.5 Å². The number of hydrogen-bond acceptors (Lipinski definition) is 4. The summed E-state index contributed by atoms with van der Waals surface area (Å²) < 4.78 is 5.59. The minimum atomic E-state index is 0. The van der Waals surface area contributed by atoms with Crippen molar-refractivity contribution in [3.8, 4) is 5.75 Å². The fraction of sp³-hybridized carbons (Fsp3) is 0.667. The molecule has 0 aliphatic carbocycles. The van der Waals surface area contributed by atoms with Gasteiger partial charge in [0.1, 0.15) is 5.75 Å². The van der Waals surface area contributed by atoms with Crippen LogP contribution in [0, 0.1) is 0 Å². The van der Waals surface area contributed by atoms with Crippen LogP contribution in [-0.4, -0.2) is 81.3 Å². The molecule has 1 unspecified atom stereocenters. The van der Waals surface area contributed by atoms with E-state index in [2.05, 4.69) is 59.5 Å². The molecule has 6 nitrogen and oxygen atoms in total. The largest absolute Gasteiger partial charge is 0.493 e. The van der Waals surface area contributed by atoms with Gasteiger partial charge < -0.3 is 20.3 Å². The minimum absolute atomic E-state index is 0. The molecule has 1 atom stereocenters. The lowest BCUT2D eigenvalue weighted by molar-refractivity contribution is 0.122. The molecule has 2 aliphatic rings. The summed E-state index contributed by atoms with van der Waals surface area (Å²) in [6, 6.07) is 7.04. The van der Waals surface area contributed by atoms with Gasteiger partial charge in [-0.2, -0.15) is 0 Å². The predicted octanol–water partition coefficient (Wildman–Crippen LogP) is 1.97. The highest BCUT2D eigenvalue weighted by atomic mass is 127. The number of rotatable bonds is 7. The lowest BCUT2D eigenvalue weighted by Crippen LogP contribution is -2.49. The standard InChI is InChI=1S/C21H35N5O.HI/c1-4-22-21(24-16-17(2)26-12-10-25(3)11-13-26)23-9-7-18-5-6-20-19(15-18)8-14-27-20;/h5-6,15,17H,4,7-14,16H2,1-3H3,(H2,22,23,24);1H. The number of benzene rings is 1. The molecule has 0 spiro atoms. The number of ether oxygens (including phenoxy) is 1. The van der Waals surface area contributed by atoms with E-state index >= 15 is 0 Å².